The Morgan fingerprint density at radius 1 is 1.37 bits per heavy atom. The minimum Gasteiger partial charge on any atom is -0.376 e. The van der Waals surface area contributed by atoms with Gasteiger partial charge in [-0.15, -0.1) is 11.3 Å². The van der Waals surface area contributed by atoms with Crippen LogP contribution in [0.4, 0.5) is 5.13 Å². The molecule has 0 spiro atoms. The van der Waals surface area contributed by atoms with E-state index in [2.05, 4.69) is 39.6 Å². The predicted octanol–water partition coefficient (Wildman–Crippen LogP) is 2.25. The molecule has 1 unspecified atom stereocenters. The average molecular weight is 388 g/mol. The van der Waals surface area contributed by atoms with Crippen LogP contribution < -0.4 is 10.6 Å². The van der Waals surface area contributed by atoms with Crippen molar-refractivity contribution < 1.29 is 14.3 Å². The quantitative estimate of drug-likeness (QED) is 0.793. The van der Waals surface area contributed by atoms with Crippen molar-refractivity contribution in [1.82, 2.24) is 15.2 Å². The third-order valence-corrected chi connectivity index (χ3v) is 4.95. The van der Waals surface area contributed by atoms with Gasteiger partial charge in [0.2, 0.25) is 5.91 Å². The topological polar surface area (TPSA) is 83.6 Å². The number of morpholine rings is 1. The number of rotatable bonds is 6. The first kappa shape index (κ1) is 19.5. The smallest absolute Gasteiger partial charge is 0.271 e. The van der Waals surface area contributed by atoms with Gasteiger partial charge < -0.3 is 15.4 Å². The van der Waals surface area contributed by atoms with Crippen molar-refractivity contribution in [3.8, 4) is 0 Å². The lowest BCUT2D eigenvalue weighted by atomic mass is 10.1. The molecule has 1 aliphatic heterocycles. The molecule has 0 radical (unpaired) electrons. The number of hydrogen-bond acceptors (Lipinski definition) is 6. The highest BCUT2D eigenvalue weighted by atomic mass is 32.1. The van der Waals surface area contributed by atoms with E-state index >= 15 is 0 Å². The number of thiazole rings is 1. The molecule has 2 N–H and O–H groups in total. The third-order valence-electron chi connectivity index (χ3n) is 4.20. The molecule has 1 fully saturated rings. The van der Waals surface area contributed by atoms with E-state index in [4.69, 9.17) is 4.74 Å². The van der Waals surface area contributed by atoms with Crippen LogP contribution in [-0.4, -0.2) is 47.5 Å². The standard InChI is InChI=1S/C19H24N4O3S/c1-13-10-23(6-7-26-13)11-16-5-3-4-15(8-16)9-20-18(25)17-12-27-19(22-17)21-14(2)24/h3-5,8,12-13H,6-7,9-11H2,1-2H3,(H,20,25)(H,21,22,24). The molecule has 2 aromatic rings. The number of nitrogens with one attached hydrogen (secondary N) is 2. The van der Waals surface area contributed by atoms with Crippen molar-refractivity contribution >= 4 is 28.3 Å². The van der Waals surface area contributed by atoms with E-state index in [0.717, 1.165) is 31.8 Å². The lowest BCUT2D eigenvalue weighted by Crippen LogP contribution is -2.40. The predicted molar refractivity (Wildman–Crippen MR) is 105 cm³/mol. The van der Waals surface area contributed by atoms with Crippen LogP contribution in [0.5, 0.6) is 0 Å². The van der Waals surface area contributed by atoms with E-state index in [1.165, 1.54) is 23.8 Å². The lowest BCUT2D eigenvalue weighted by Gasteiger charge is -2.31. The molecule has 0 bridgehead atoms. The molecule has 1 atom stereocenters. The second kappa shape index (κ2) is 9.07. The Morgan fingerprint density at radius 2 is 2.19 bits per heavy atom. The Kier molecular flexibility index (Phi) is 6.54. The largest absolute Gasteiger partial charge is 0.376 e. The van der Waals surface area contributed by atoms with Gasteiger partial charge in [0.15, 0.2) is 5.13 Å². The average Bonchev–Trinajstić information content (AvgIpc) is 3.08. The van der Waals surface area contributed by atoms with Gasteiger partial charge in [0.05, 0.1) is 12.7 Å². The Labute approximate surface area is 162 Å². The number of carbonyl (C=O) groups is 2. The molecular weight excluding hydrogens is 364 g/mol. The Bertz CT molecular complexity index is 808. The maximum atomic E-state index is 12.3. The molecular formula is C19H24N4O3S. The molecule has 144 valence electrons. The van der Waals surface area contributed by atoms with Gasteiger partial charge in [-0.25, -0.2) is 4.98 Å². The molecule has 3 rings (SSSR count). The summed E-state index contributed by atoms with van der Waals surface area (Å²) in [5.41, 5.74) is 2.57. The van der Waals surface area contributed by atoms with E-state index in [0.29, 0.717) is 17.4 Å². The van der Waals surface area contributed by atoms with E-state index in [1.54, 1.807) is 5.38 Å². The van der Waals surface area contributed by atoms with Crippen LogP contribution in [-0.2, 0) is 22.6 Å². The molecule has 2 heterocycles. The van der Waals surface area contributed by atoms with Gasteiger partial charge in [0, 0.05) is 38.5 Å². The highest BCUT2D eigenvalue weighted by Crippen LogP contribution is 2.16. The van der Waals surface area contributed by atoms with Crippen molar-refractivity contribution in [1.29, 1.82) is 0 Å². The Balaban J connectivity index is 1.54. The molecule has 0 aliphatic carbocycles. The minimum absolute atomic E-state index is 0.206. The number of amides is 2. The number of aromatic nitrogens is 1. The zero-order valence-corrected chi connectivity index (χ0v) is 16.3. The van der Waals surface area contributed by atoms with Crippen molar-refractivity contribution in [3.05, 3.63) is 46.5 Å². The Hall–Kier alpha value is -2.29. The van der Waals surface area contributed by atoms with Gasteiger partial charge in [0.25, 0.3) is 5.91 Å². The van der Waals surface area contributed by atoms with E-state index in [-0.39, 0.29) is 17.9 Å². The summed E-state index contributed by atoms with van der Waals surface area (Å²) >= 11 is 1.23. The molecule has 27 heavy (non-hydrogen) atoms. The normalized spacial score (nSPS) is 17.5. The SMILES string of the molecule is CC(=O)Nc1nc(C(=O)NCc2cccc(CN3CCOC(C)C3)c2)cs1. The first-order chi connectivity index (χ1) is 13.0. The molecule has 1 saturated heterocycles. The van der Waals surface area contributed by atoms with Gasteiger partial charge in [-0.3, -0.25) is 14.5 Å². The Morgan fingerprint density at radius 3 is 2.96 bits per heavy atom. The maximum Gasteiger partial charge on any atom is 0.271 e. The van der Waals surface area contributed by atoms with Crippen LogP contribution in [0.3, 0.4) is 0 Å². The number of benzene rings is 1. The molecule has 1 aliphatic rings. The lowest BCUT2D eigenvalue weighted by molar-refractivity contribution is -0.114. The van der Waals surface area contributed by atoms with Crippen molar-refractivity contribution in [3.63, 3.8) is 0 Å². The van der Waals surface area contributed by atoms with Crippen LogP contribution >= 0.6 is 11.3 Å². The second-order valence-electron chi connectivity index (χ2n) is 6.64. The minimum atomic E-state index is -0.254. The van der Waals surface area contributed by atoms with E-state index < -0.39 is 0 Å². The van der Waals surface area contributed by atoms with Crippen molar-refractivity contribution in [2.75, 3.05) is 25.0 Å². The van der Waals surface area contributed by atoms with Crippen molar-refractivity contribution in [2.24, 2.45) is 0 Å². The molecule has 8 heteroatoms. The van der Waals surface area contributed by atoms with E-state index in [1.807, 2.05) is 12.1 Å². The fourth-order valence-corrected chi connectivity index (χ4v) is 3.73. The fraction of sp³-hybridized carbons (Fsp3) is 0.421. The summed E-state index contributed by atoms with van der Waals surface area (Å²) in [6.45, 7) is 7.44. The summed E-state index contributed by atoms with van der Waals surface area (Å²) in [7, 11) is 0. The van der Waals surface area contributed by atoms with Gasteiger partial charge >= 0.3 is 0 Å². The number of ether oxygens (including phenoxy) is 1. The third kappa shape index (κ3) is 5.85. The second-order valence-corrected chi connectivity index (χ2v) is 7.50. The van der Waals surface area contributed by atoms with Crippen LogP contribution in [0.25, 0.3) is 0 Å². The molecule has 2 amide bonds. The summed E-state index contributed by atoms with van der Waals surface area (Å²) in [4.78, 5) is 29.8. The van der Waals surface area contributed by atoms with Crippen molar-refractivity contribution in [2.45, 2.75) is 33.0 Å². The maximum absolute atomic E-state index is 12.3. The first-order valence-corrected chi connectivity index (χ1v) is 9.80. The highest BCUT2D eigenvalue weighted by Gasteiger charge is 2.17. The van der Waals surface area contributed by atoms with Crippen LogP contribution in [0.2, 0.25) is 0 Å². The van der Waals surface area contributed by atoms with Gasteiger partial charge in [-0.05, 0) is 18.1 Å². The number of nitrogens with zero attached hydrogens (tertiary/aromatic N) is 2. The van der Waals surface area contributed by atoms with Crippen LogP contribution in [0, 0.1) is 0 Å². The summed E-state index contributed by atoms with van der Waals surface area (Å²) in [5.74, 6) is -0.460. The summed E-state index contributed by atoms with van der Waals surface area (Å²) < 4.78 is 5.58. The number of anilines is 1. The van der Waals surface area contributed by atoms with E-state index in [9.17, 15) is 9.59 Å². The zero-order valence-electron chi connectivity index (χ0n) is 15.5. The highest BCUT2D eigenvalue weighted by molar-refractivity contribution is 7.14. The van der Waals surface area contributed by atoms with Crippen LogP contribution in [0.15, 0.2) is 29.6 Å². The van der Waals surface area contributed by atoms with Gasteiger partial charge in [-0.2, -0.15) is 0 Å². The fourth-order valence-electron chi connectivity index (χ4n) is 2.99. The molecule has 7 nitrogen and oxygen atoms in total. The molecule has 0 saturated carbocycles. The van der Waals surface area contributed by atoms with Gasteiger partial charge in [0.1, 0.15) is 5.69 Å². The number of hydrogen-bond donors (Lipinski definition) is 2. The summed E-state index contributed by atoms with van der Waals surface area (Å²) in [5, 5.41) is 7.52. The summed E-state index contributed by atoms with van der Waals surface area (Å²) in [6, 6.07) is 8.23. The van der Waals surface area contributed by atoms with Crippen LogP contribution in [0.1, 0.15) is 35.5 Å². The first-order valence-electron chi connectivity index (χ1n) is 8.92. The monoisotopic (exact) mass is 388 g/mol. The zero-order chi connectivity index (χ0) is 19.2. The molecule has 1 aromatic heterocycles. The summed E-state index contributed by atoms with van der Waals surface area (Å²) in [6.07, 6.45) is 0.265. The molecule has 1 aromatic carbocycles. The number of carbonyl (C=O) groups excluding carboxylic acids is 2. The van der Waals surface area contributed by atoms with Gasteiger partial charge in [-0.1, -0.05) is 24.3 Å².